The lowest BCUT2D eigenvalue weighted by Crippen LogP contribution is -2.21. The number of likely N-dealkylation sites (N-methyl/N-ethyl adjacent to an activating group) is 1. The maximum atomic E-state index is 6.23. The zero-order valence-corrected chi connectivity index (χ0v) is 12.9. The zero-order valence-electron chi connectivity index (χ0n) is 11.4. The van der Waals surface area contributed by atoms with E-state index < -0.39 is 0 Å². The van der Waals surface area contributed by atoms with Crippen LogP contribution in [0.3, 0.4) is 0 Å². The smallest absolute Gasteiger partial charge is 0.142 e. The maximum Gasteiger partial charge on any atom is 0.142 e. The first kappa shape index (κ1) is 14.9. The molecule has 0 aliphatic heterocycles. The molecule has 0 radical (unpaired) electrons. The Morgan fingerprint density at radius 2 is 2.05 bits per heavy atom. The first-order chi connectivity index (χ1) is 9.06. The number of nitrogens with one attached hydrogen (secondary N) is 1. The second-order valence-corrected chi connectivity index (χ2v) is 6.03. The molecular weight excluding hydrogens is 283 g/mol. The van der Waals surface area contributed by atoms with Crippen LogP contribution in [0, 0.1) is 0 Å². The summed E-state index contributed by atoms with van der Waals surface area (Å²) in [6, 6.07) is 4.30. The maximum absolute atomic E-state index is 6.23. The van der Waals surface area contributed by atoms with Gasteiger partial charge >= 0.3 is 0 Å². The highest BCUT2D eigenvalue weighted by Gasteiger charge is 2.21. The molecule has 1 saturated carbocycles. The zero-order chi connectivity index (χ0) is 13.8. The topological polar surface area (TPSA) is 24.5 Å². The van der Waals surface area contributed by atoms with Crippen LogP contribution in [-0.2, 0) is 6.54 Å². The van der Waals surface area contributed by atoms with Gasteiger partial charge in [-0.3, -0.25) is 0 Å². The number of nitrogens with zero attached hydrogens (tertiary/aromatic N) is 1. The highest BCUT2D eigenvalue weighted by Crippen LogP contribution is 2.33. The molecule has 19 heavy (non-hydrogen) atoms. The number of halogens is 2. The summed E-state index contributed by atoms with van der Waals surface area (Å²) in [4.78, 5) is 2.08. The van der Waals surface area contributed by atoms with E-state index in [2.05, 4.69) is 10.2 Å². The van der Waals surface area contributed by atoms with Crippen LogP contribution in [0.25, 0.3) is 0 Å². The predicted molar refractivity (Wildman–Crippen MR) is 80.4 cm³/mol. The fourth-order valence-electron chi connectivity index (χ4n) is 1.78. The SMILES string of the molecule is CN(C)CCOc1c(Cl)cc(Cl)cc1CNC1CC1. The molecule has 1 N–H and O–H groups in total. The van der Waals surface area contributed by atoms with Crippen molar-refractivity contribution < 1.29 is 4.74 Å². The lowest BCUT2D eigenvalue weighted by molar-refractivity contribution is 0.259. The Morgan fingerprint density at radius 3 is 2.68 bits per heavy atom. The minimum Gasteiger partial charge on any atom is -0.490 e. The van der Waals surface area contributed by atoms with Crippen LogP contribution >= 0.6 is 23.2 Å². The Labute approximate surface area is 124 Å². The monoisotopic (exact) mass is 302 g/mol. The highest BCUT2D eigenvalue weighted by molar-refractivity contribution is 6.35. The summed E-state index contributed by atoms with van der Waals surface area (Å²) in [6.45, 7) is 2.22. The number of hydrogen-bond acceptors (Lipinski definition) is 3. The van der Waals surface area contributed by atoms with Gasteiger partial charge in [-0.1, -0.05) is 23.2 Å². The molecule has 2 rings (SSSR count). The predicted octanol–water partition coefficient (Wildman–Crippen LogP) is 3.19. The average molecular weight is 303 g/mol. The third kappa shape index (κ3) is 4.84. The summed E-state index contributed by atoms with van der Waals surface area (Å²) in [5, 5.41) is 4.69. The van der Waals surface area contributed by atoms with Crippen molar-refractivity contribution in [1.82, 2.24) is 10.2 Å². The molecule has 0 amide bonds. The van der Waals surface area contributed by atoms with Gasteiger partial charge in [-0.05, 0) is 39.1 Å². The molecule has 5 heteroatoms. The molecule has 1 aromatic carbocycles. The van der Waals surface area contributed by atoms with Crippen LogP contribution in [0.1, 0.15) is 18.4 Å². The van der Waals surface area contributed by atoms with Crippen molar-refractivity contribution in [2.45, 2.75) is 25.4 Å². The average Bonchev–Trinajstić information content (AvgIpc) is 3.12. The molecule has 0 saturated heterocycles. The molecule has 1 aliphatic rings. The van der Waals surface area contributed by atoms with Gasteiger partial charge < -0.3 is 15.0 Å². The van der Waals surface area contributed by atoms with E-state index in [0.29, 0.717) is 22.7 Å². The first-order valence-electron chi connectivity index (χ1n) is 6.55. The summed E-state index contributed by atoms with van der Waals surface area (Å²) in [7, 11) is 4.03. The number of ether oxygens (including phenoxy) is 1. The lowest BCUT2D eigenvalue weighted by Gasteiger charge is -2.16. The van der Waals surface area contributed by atoms with E-state index in [1.807, 2.05) is 20.2 Å². The van der Waals surface area contributed by atoms with E-state index in [9.17, 15) is 0 Å². The van der Waals surface area contributed by atoms with Gasteiger partial charge in [0.15, 0.2) is 0 Å². The Morgan fingerprint density at radius 1 is 1.32 bits per heavy atom. The van der Waals surface area contributed by atoms with Crippen LogP contribution in [0.5, 0.6) is 5.75 Å². The number of hydrogen-bond donors (Lipinski definition) is 1. The molecule has 106 valence electrons. The Hall–Kier alpha value is -0.480. The van der Waals surface area contributed by atoms with E-state index in [1.165, 1.54) is 12.8 Å². The van der Waals surface area contributed by atoms with Crippen LogP contribution in [0.4, 0.5) is 0 Å². The lowest BCUT2D eigenvalue weighted by atomic mass is 10.2. The van der Waals surface area contributed by atoms with Gasteiger partial charge in [0.25, 0.3) is 0 Å². The van der Waals surface area contributed by atoms with Crippen molar-refractivity contribution in [1.29, 1.82) is 0 Å². The van der Waals surface area contributed by atoms with Crippen molar-refractivity contribution in [2.75, 3.05) is 27.2 Å². The molecule has 0 bridgehead atoms. The quantitative estimate of drug-likeness (QED) is 0.837. The van der Waals surface area contributed by atoms with Crippen molar-refractivity contribution in [3.8, 4) is 5.75 Å². The largest absolute Gasteiger partial charge is 0.490 e. The minimum absolute atomic E-state index is 0.582. The molecule has 1 fully saturated rings. The van der Waals surface area contributed by atoms with Gasteiger partial charge in [-0.2, -0.15) is 0 Å². The fourth-order valence-corrected chi connectivity index (χ4v) is 2.37. The summed E-state index contributed by atoms with van der Waals surface area (Å²) in [5.41, 5.74) is 1.03. The standard InChI is InChI=1S/C14H20Cl2N2O/c1-18(2)5-6-19-14-10(9-17-12-3-4-12)7-11(15)8-13(14)16/h7-8,12,17H,3-6,9H2,1-2H3. The minimum atomic E-state index is 0.582. The van der Waals surface area contributed by atoms with E-state index in [-0.39, 0.29) is 0 Å². The molecular formula is C14H20Cl2N2O. The third-order valence-corrected chi connectivity index (χ3v) is 3.53. The summed E-state index contributed by atoms with van der Waals surface area (Å²) < 4.78 is 5.81. The summed E-state index contributed by atoms with van der Waals surface area (Å²) in [6.07, 6.45) is 2.51. The van der Waals surface area contributed by atoms with Crippen LogP contribution in [-0.4, -0.2) is 38.2 Å². The molecule has 3 nitrogen and oxygen atoms in total. The molecule has 0 heterocycles. The van der Waals surface area contributed by atoms with Gasteiger partial charge in [-0.15, -0.1) is 0 Å². The summed E-state index contributed by atoms with van der Waals surface area (Å²) >= 11 is 12.3. The van der Waals surface area contributed by atoms with Gasteiger partial charge in [0.2, 0.25) is 0 Å². The van der Waals surface area contributed by atoms with Crippen molar-refractivity contribution in [3.63, 3.8) is 0 Å². The van der Waals surface area contributed by atoms with Gasteiger partial charge in [0, 0.05) is 29.7 Å². The second-order valence-electron chi connectivity index (χ2n) is 5.18. The number of rotatable bonds is 7. The fraction of sp³-hybridized carbons (Fsp3) is 0.571. The van der Waals surface area contributed by atoms with Crippen LogP contribution < -0.4 is 10.1 Å². The van der Waals surface area contributed by atoms with Crippen LogP contribution in [0.2, 0.25) is 10.0 Å². The third-order valence-electron chi connectivity index (χ3n) is 3.03. The molecule has 1 aromatic rings. The van der Waals surface area contributed by atoms with Gasteiger partial charge in [0.05, 0.1) is 5.02 Å². The summed E-state index contributed by atoms with van der Waals surface area (Å²) in [5.74, 6) is 0.751. The Balaban J connectivity index is 2.03. The second kappa shape index (κ2) is 6.80. The van der Waals surface area contributed by atoms with Crippen molar-refractivity contribution in [3.05, 3.63) is 27.7 Å². The van der Waals surface area contributed by atoms with Crippen molar-refractivity contribution >= 4 is 23.2 Å². The molecule has 0 unspecified atom stereocenters. The van der Waals surface area contributed by atoms with E-state index >= 15 is 0 Å². The first-order valence-corrected chi connectivity index (χ1v) is 7.30. The molecule has 0 atom stereocenters. The van der Waals surface area contributed by atoms with Crippen molar-refractivity contribution in [2.24, 2.45) is 0 Å². The molecule has 0 spiro atoms. The van der Waals surface area contributed by atoms with Gasteiger partial charge in [0.1, 0.15) is 12.4 Å². The highest BCUT2D eigenvalue weighted by atomic mass is 35.5. The van der Waals surface area contributed by atoms with E-state index in [1.54, 1.807) is 6.07 Å². The Bertz CT molecular complexity index is 434. The molecule has 1 aliphatic carbocycles. The number of benzene rings is 1. The van der Waals surface area contributed by atoms with E-state index in [0.717, 1.165) is 24.4 Å². The van der Waals surface area contributed by atoms with E-state index in [4.69, 9.17) is 27.9 Å². The molecule has 0 aromatic heterocycles. The Kier molecular flexibility index (Phi) is 5.34. The van der Waals surface area contributed by atoms with Crippen LogP contribution in [0.15, 0.2) is 12.1 Å². The van der Waals surface area contributed by atoms with Gasteiger partial charge in [-0.25, -0.2) is 0 Å². The normalized spacial score (nSPS) is 15.0.